The zero-order chi connectivity index (χ0) is 15.6. The molecule has 112 valence electrons. The van der Waals surface area contributed by atoms with E-state index in [1.807, 2.05) is 6.92 Å². The minimum atomic E-state index is -3.22. The van der Waals surface area contributed by atoms with Crippen molar-refractivity contribution in [2.24, 2.45) is 0 Å². The lowest BCUT2D eigenvalue weighted by molar-refractivity contribution is 0.0935. The summed E-state index contributed by atoms with van der Waals surface area (Å²) in [5.74, 6) is -0.276. The van der Waals surface area contributed by atoms with Crippen LogP contribution in [0.25, 0.3) is 0 Å². The highest BCUT2D eigenvalue weighted by atomic mass is 35.5. The van der Waals surface area contributed by atoms with Gasteiger partial charge >= 0.3 is 0 Å². The Labute approximate surface area is 128 Å². The zero-order valence-electron chi connectivity index (χ0n) is 11.6. The van der Waals surface area contributed by atoms with Crippen molar-refractivity contribution in [2.75, 3.05) is 6.26 Å². The Kier molecular flexibility index (Phi) is 4.39. The van der Waals surface area contributed by atoms with E-state index in [0.29, 0.717) is 10.7 Å². The van der Waals surface area contributed by atoms with Crippen molar-refractivity contribution in [2.45, 2.75) is 17.9 Å². The number of hydrogen-bond acceptors (Lipinski definition) is 3. The first-order chi connectivity index (χ1) is 9.77. The molecule has 2 aromatic rings. The number of nitrogens with one attached hydrogen (secondary N) is 2. The molecular weight excluding hydrogens is 312 g/mol. The first-order valence-corrected chi connectivity index (χ1v) is 8.49. The Morgan fingerprint density at radius 2 is 1.90 bits per heavy atom. The quantitative estimate of drug-likeness (QED) is 0.906. The summed E-state index contributed by atoms with van der Waals surface area (Å²) in [4.78, 5) is 15.0. The topological polar surface area (TPSA) is 79.0 Å². The smallest absolute Gasteiger partial charge is 0.268 e. The molecule has 0 saturated carbocycles. The number of hydrogen-bond donors (Lipinski definition) is 2. The van der Waals surface area contributed by atoms with Gasteiger partial charge in [0.1, 0.15) is 5.69 Å². The number of halogens is 1. The molecule has 0 fully saturated rings. The van der Waals surface area contributed by atoms with E-state index < -0.39 is 9.84 Å². The molecule has 1 amide bonds. The lowest BCUT2D eigenvalue weighted by Crippen LogP contribution is -2.26. The van der Waals surface area contributed by atoms with E-state index in [0.717, 1.165) is 11.8 Å². The summed E-state index contributed by atoms with van der Waals surface area (Å²) in [5.41, 5.74) is 1.19. The van der Waals surface area contributed by atoms with Crippen LogP contribution in [0.2, 0.25) is 5.02 Å². The molecule has 2 N–H and O–H groups in total. The van der Waals surface area contributed by atoms with Gasteiger partial charge in [-0.25, -0.2) is 8.42 Å². The van der Waals surface area contributed by atoms with Crippen molar-refractivity contribution in [1.82, 2.24) is 10.3 Å². The molecular formula is C14H15ClN2O3S. The fourth-order valence-electron chi connectivity index (χ4n) is 1.86. The van der Waals surface area contributed by atoms with E-state index in [2.05, 4.69) is 10.3 Å². The lowest BCUT2D eigenvalue weighted by atomic mass is 10.1. The van der Waals surface area contributed by atoms with Crippen molar-refractivity contribution in [3.63, 3.8) is 0 Å². The van der Waals surface area contributed by atoms with Crippen LogP contribution in [0.5, 0.6) is 0 Å². The van der Waals surface area contributed by atoms with Crippen LogP contribution in [0.4, 0.5) is 0 Å². The highest BCUT2D eigenvalue weighted by molar-refractivity contribution is 7.90. The van der Waals surface area contributed by atoms with Gasteiger partial charge in [-0.3, -0.25) is 4.79 Å². The summed E-state index contributed by atoms with van der Waals surface area (Å²) in [6.45, 7) is 1.82. The monoisotopic (exact) mass is 326 g/mol. The molecule has 1 atom stereocenters. The fraction of sp³-hybridized carbons (Fsp3) is 0.214. The SMILES string of the molecule is C[C@@H](NC(=O)c1cc(Cl)c[nH]1)c1ccc(S(C)(=O)=O)cc1. The second-order valence-electron chi connectivity index (χ2n) is 4.77. The highest BCUT2D eigenvalue weighted by Crippen LogP contribution is 2.17. The number of amides is 1. The molecule has 0 bridgehead atoms. The van der Waals surface area contributed by atoms with Crippen molar-refractivity contribution in [3.05, 3.63) is 52.8 Å². The average Bonchev–Trinajstić information content (AvgIpc) is 2.84. The minimum Gasteiger partial charge on any atom is -0.356 e. The summed E-state index contributed by atoms with van der Waals surface area (Å²) in [6.07, 6.45) is 2.68. The number of carbonyl (C=O) groups excluding carboxylic acids is 1. The Morgan fingerprint density at radius 3 is 2.38 bits per heavy atom. The third-order valence-corrected chi connectivity index (χ3v) is 4.39. The Morgan fingerprint density at radius 1 is 1.29 bits per heavy atom. The number of benzene rings is 1. The van der Waals surface area contributed by atoms with Gasteiger partial charge in [0.25, 0.3) is 5.91 Å². The van der Waals surface area contributed by atoms with Crippen molar-refractivity contribution in [3.8, 4) is 0 Å². The first-order valence-electron chi connectivity index (χ1n) is 6.22. The zero-order valence-corrected chi connectivity index (χ0v) is 13.1. The Balaban J connectivity index is 2.10. The summed E-state index contributed by atoms with van der Waals surface area (Å²) in [7, 11) is -3.22. The number of aromatic amines is 1. The van der Waals surface area contributed by atoms with Crippen LogP contribution in [0.15, 0.2) is 41.4 Å². The van der Waals surface area contributed by atoms with E-state index in [-0.39, 0.29) is 16.8 Å². The second-order valence-corrected chi connectivity index (χ2v) is 7.22. The molecule has 0 spiro atoms. The van der Waals surface area contributed by atoms with Crippen LogP contribution < -0.4 is 5.32 Å². The molecule has 1 aromatic heterocycles. The number of rotatable bonds is 4. The van der Waals surface area contributed by atoms with Crippen LogP contribution in [-0.2, 0) is 9.84 Å². The van der Waals surface area contributed by atoms with Gasteiger partial charge in [0, 0.05) is 12.5 Å². The molecule has 1 heterocycles. The van der Waals surface area contributed by atoms with Crippen molar-refractivity contribution in [1.29, 1.82) is 0 Å². The second kappa shape index (κ2) is 5.91. The summed E-state index contributed by atoms with van der Waals surface area (Å²) < 4.78 is 22.8. The van der Waals surface area contributed by atoms with Crippen LogP contribution in [0.3, 0.4) is 0 Å². The van der Waals surface area contributed by atoms with Crippen molar-refractivity contribution >= 4 is 27.3 Å². The predicted octanol–water partition coefficient (Wildman–Crippen LogP) is 2.56. The maximum atomic E-state index is 12.0. The molecule has 0 radical (unpaired) electrons. The Bertz CT molecular complexity index is 751. The van der Waals surface area contributed by atoms with Gasteiger partial charge in [0.05, 0.1) is 16.0 Å². The van der Waals surface area contributed by atoms with Gasteiger partial charge in [0.2, 0.25) is 0 Å². The van der Waals surface area contributed by atoms with Gasteiger partial charge in [-0.05, 0) is 30.7 Å². The van der Waals surface area contributed by atoms with Gasteiger partial charge < -0.3 is 10.3 Å². The normalized spacial score (nSPS) is 12.9. The van der Waals surface area contributed by atoms with Gasteiger partial charge in [-0.1, -0.05) is 23.7 Å². The van der Waals surface area contributed by atoms with E-state index in [4.69, 9.17) is 11.6 Å². The molecule has 0 unspecified atom stereocenters. The van der Waals surface area contributed by atoms with E-state index in [1.54, 1.807) is 12.1 Å². The standard InChI is InChI=1S/C14H15ClN2O3S/c1-9(17-14(18)13-7-11(15)8-16-13)10-3-5-12(6-4-10)21(2,19)20/h3-9,16H,1-2H3,(H,17,18)/t9-/m1/s1. The van der Waals surface area contributed by atoms with Crippen LogP contribution >= 0.6 is 11.6 Å². The molecule has 1 aromatic carbocycles. The number of carbonyl (C=O) groups is 1. The lowest BCUT2D eigenvalue weighted by Gasteiger charge is -2.14. The average molecular weight is 327 g/mol. The van der Waals surface area contributed by atoms with E-state index >= 15 is 0 Å². The molecule has 2 rings (SSSR count). The van der Waals surface area contributed by atoms with Crippen LogP contribution in [0.1, 0.15) is 29.0 Å². The molecule has 5 nitrogen and oxygen atoms in total. The van der Waals surface area contributed by atoms with Crippen LogP contribution in [-0.4, -0.2) is 25.6 Å². The summed E-state index contributed by atoms with van der Waals surface area (Å²) >= 11 is 5.75. The van der Waals surface area contributed by atoms with Gasteiger partial charge in [-0.15, -0.1) is 0 Å². The fourth-order valence-corrected chi connectivity index (χ4v) is 2.65. The molecule has 0 aliphatic heterocycles. The Hall–Kier alpha value is -1.79. The molecule has 7 heteroatoms. The number of H-pyrrole nitrogens is 1. The maximum absolute atomic E-state index is 12.0. The minimum absolute atomic E-state index is 0.251. The third-order valence-electron chi connectivity index (χ3n) is 3.05. The maximum Gasteiger partial charge on any atom is 0.268 e. The molecule has 0 aliphatic carbocycles. The molecule has 0 aliphatic rings. The highest BCUT2D eigenvalue weighted by Gasteiger charge is 2.14. The first kappa shape index (κ1) is 15.6. The predicted molar refractivity (Wildman–Crippen MR) is 81.2 cm³/mol. The van der Waals surface area contributed by atoms with Crippen molar-refractivity contribution < 1.29 is 13.2 Å². The summed E-state index contributed by atoms with van der Waals surface area (Å²) in [5, 5.41) is 3.27. The largest absolute Gasteiger partial charge is 0.356 e. The number of aromatic nitrogens is 1. The van der Waals surface area contributed by atoms with Gasteiger partial charge in [0.15, 0.2) is 9.84 Å². The number of sulfone groups is 1. The van der Waals surface area contributed by atoms with E-state index in [9.17, 15) is 13.2 Å². The third kappa shape index (κ3) is 3.86. The van der Waals surface area contributed by atoms with Gasteiger partial charge in [-0.2, -0.15) is 0 Å². The van der Waals surface area contributed by atoms with Crippen LogP contribution in [0, 0.1) is 0 Å². The molecule has 0 saturated heterocycles. The summed E-state index contributed by atoms with van der Waals surface area (Å²) in [6, 6.07) is 7.70. The van der Waals surface area contributed by atoms with E-state index in [1.165, 1.54) is 24.4 Å². The molecule has 21 heavy (non-hydrogen) atoms.